The van der Waals surface area contributed by atoms with Gasteiger partial charge in [-0.05, 0) is 43.7 Å². The topological polar surface area (TPSA) is 12.9 Å². The maximum atomic E-state index is 4.55. The summed E-state index contributed by atoms with van der Waals surface area (Å²) in [5.41, 5.74) is 2.57. The Labute approximate surface area is 85.0 Å². The number of unbranched alkanes of at least 4 members (excludes halogenated alkanes) is 1. The summed E-state index contributed by atoms with van der Waals surface area (Å²) in [5, 5.41) is 1.14. The molecule has 72 valence electrons. The third kappa shape index (κ3) is 3.39. The molecule has 13 heavy (non-hydrogen) atoms. The average Bonchev–Trinajstić information content (AvgIpc) is 2.14. The Balaban J connectivity index is 2.76. The van der Waals surface area contributed by atoms with E-state index in [0.29, 0.717) is 0 Å². The third-order valence-electron chi connectivity index (χ3n) is 1.99. The van der Waals surface area contributed by atoms with Gasteiger partial charge in [0.2, 0.25) is 0 Å². The van der Waals surface area contributed by atoms with Crippen LogP contribution in [0.4, 0.5) is 0 Å². The molecule has 0 aliphatic carbocycles. The highest BCUT2D eigenvalue weighted by molar-refractivity contribution is 7.98. The minimum absolute atomic E-state index is 1.12. The molecule has 2 heteroatoms. The van der Waals surface area contributed by atoms with E-state index < -0.39 is 0 Å². The lowest BCUT2D eigenvalue weighted by Gasteiger charge is -2.03. The van der Waals surface area contributed by atoms with Gasteiger partial charge in [-0.3, -0.25) is 0 Å². The fourth-order valence-electron chi connectivity index (χ4n) is 1.30. The molecular formula is C11H17NS. The highest BCUT2D eigenvalue weighted by atomic mass is 32.2. The molecule has 1 nitrogen and oxygen atoms in total. The molecule has 0 aliphatic rings. The van der Waals surface area contributed by atoms with E-state index in [4.69, 9.17) is 0 Å². The first-order valence-corrected chi connectivity index (χ1v) is 6.00. The van der Waals surface area contributed by atoms with Crippen LogP contribution in [0.5, 0.6) is 0 Å². The van der Waals surface area contributed by atoms with Gasteiger partial charge in [-0.2, -0.15) is 0 Å². The second kappa shape index (κ2) is 5.28. The van der Waals surface area contributed by atoms with Crippen LogP contribution in [-0.2, 0) is 6.42 Å². The second-order valence-corrected chi connectivity index (χ2v) is 4.11. The van der Waals surface area contributed by atoms with Crippen LogP contribution in [-0.4, -0.2) is 11.2 Å². The van der Waals surface area contributed by atoms with Crippen LogP contribution in [0.25, 0.3) is 0 Å². The second-order valence-electron chi connectivity index (χ2n) is 3.28. The van der Waals surface area contributed by atoms with Crippen molar-refractivity contribution in [3.63, 3.8) is 0 Å². The van der Waals surface area contributed by atoms with Gasteiger partial charge in [0.15, 0.2) is 0 Å². The predicted octanol–water partition coefficient (Wildman–Crippen LogP) is 3.45. The van der Waals surface area contributed by atoms with Gasteiger partial charge in [-0.25, -0.2) is 4.98 Å². The Morgan fingerprint density at radius 3 is 2.77 bits per heavy atom. The molecule has 0 fully saturated rings. The normalized spacial score (nSPS) is 10.4. The van der Waals surface area contributed by atoms with E-state index in [0.717, 1.165) is 11.4 Å². The minimum Gasteiger partial charge on any atom is -0.247 e. The fourth-order valence-corrected chi connectivity index (χ4v) is 1.81. The molecule has 1 aromatic rings. The first-order chi connectivity index (χ1) is 6.26. The number of aromatic nitrogens is 1. The minimum atomic E-state index is 1.12. The molecule has 1 aromatic heterocycles. The van der Waals surface area contributed by atoms with Gasteiger partial charge in [-0.1, -0.05) is 13.3 Å². The maximum absolute atomic E-state index is 4.55. The van der Waals surface area contributed by atoms with E-state index in [2.05, 4.69) is 37.2 Å². The van der Waals surface area contributed by atoms with Crippen molar-refractivity contribution >= 4 is 11.8 Å². The molecule has 0 amide bonds. The summed E-state index contributed by atoms with van der Waals surface area (Å²) in [6, 6.07) is 4.33. The molecular weight excluding hydrogens is 178 g/mol. The van der Waals surface area contributed by atoms with E-state index >= 15 is 0 Å². The lowest BCUT2D eigenvalue weighted by atomic mass is 10.1. The molecule has 0 radical (unpaired) electrons. The monoisotopic (exact) mass is 195 g/mol. The van der Waals surface area contributed by atoms with Gasteiger partial charge in [0.1, 0.15) is 0 Å². The van der Waals surface area contributed by atoms with Gasteiger partial charge < -0.3 is 0 Å². The molecule has 0 aromatic carbocycles. The molecule has 0 unspecified atom stereocenters. The Hall–Kier alpha value is -0.500. The number of pyridine rings is 1. The van der Waals surface area contributed by atoms with Crippen molar-refractivity contribution in [1.82, 2.24) is 4.98 Å². The predicted molar refractivity (Wildman–Crippen MR) is 59.4 cm³/mol. The number of rotatable bonds is 4. The fraction of sp³-hybridized carbons (Fsp3) is 0.545. The van der Waals surface area contributed by atoms with Crippen LogP contribution in [0.1, 0.15) is 31.0 Å². The number of hydrogen-bond acceptors (Lipinski definition) is 2. The summed E-state index contributed by atoms with van der Waals surface area (Å²) >= 11 is 1.72. The quantitative estimate of drug-likeness (QED) is 0.682. The molecule has 0 aliphatic heterocycles. The lowest BCUT2D eigenvalue weighted by molar-refractivity contribution is 0.767. The smallest absolute Gasteiger partial charge is 0.0963 e. The zero-order valence-electron chi connectivity index (χ0n) is 8.63. The molecule has 1 heterocycles. The summed E-state index contributed by atoms with van der Waals surface area (Å²) in [7, 11) is 0. The zero-order chi connectivity index (χ0) is 9.68. The van der Waals surface area contributed by atoms with Crippen LogP contribution in [0.15, 0.2) is 17.2 Å². The summed E-state index contributed by atoms with van der Waals surface area (Å²) in [4.78, 5) is 4.55. The summed E-state index contributed by atoms with van der Waals surface area (Å²) in [6.45, 7) is 4.35. The summed E-state index contributed by atoms with van der Waals surface area (Å²) in [5.74, 6) is 0. The van der Waals surface area contributed by atoms with Crippen molar-refractivity contribution in [3.05, 3.63) is 23.4 Å². The molecule has 0 bridgehead atoms. The molecule has 0 atom stereocenters. The van der Waals surface area contributed by atoms with E-state index in [9.17, 15) is 0 Å². The largest absolute Gasteiger partial charge is 0.247 e. The highest BCUT2D eigenvalue weighted by Crippen LogP contribution is 2.15. The first kappa shape index (κ1) is 10.6. The van der Waals surface area contributed by atoms with Gasteiger partial charge in [0.25, 0.3) is 0 Å². The third-order valence-corrected chi connectivity index (χ3v) is 2.62. The standard InChI is InChI=1S/C11H17NS/c1-4-5-6-10-7-9(2)8-11(12-10)13-3/h7-8H,4-6H2,1-3H3. The Morgan fingerprint density at radius 2 is 2.15 bits per heavy atom. The Bertz CT molecular complexity index is 271. The lowest BCUT2D eigenvalue weighted by Crippen LogP contribution is -1.92. The summed E-state index contributed by atoms with van der Waals surface area (Å²) in [6.07, 6.45) is 5.67. The van der Waals surface area contributed by atoms with Crippen molar-refractivity contribution < 1.29 is 0 Å². The molecule has 0 saturated carbocycles. The molecule has 0 spiro atoms. The number of thioether (sulfide) groups is 1. The average molecular weight is 195 g/mol. The van der Waals surface area contributed by atoms with Crippen LogP contribution in [0, 0.1) is 6.92 Å². The van der Waals surface area contributed by atoms with E-state index in [1.54, 1.807) is 11.8 Å². The van der Waals surface area contributed by atoms with Crippen molar-refractivity contribution in [2.24, 2.45) is 0 Å². The first-order valence-electron chi connectivity index (χ1n) is 4.77. The van der Waals surface area contributed by atoms with Crippen molar-refractivity contribution in [2.45, 2.75) is 38.1 Å². The number of nitrogens with zero attached hydrogens (tertiary/aromatic N) is 1. The SMILES string of the molecule is CCCCc1cc(C)cc(SC)n1. The molecule has 1 rings (SSSR count). The van der Waals surface area contributed by atoms with Crippen molar-refractivity contribution in [2.75, 3.05) is 6.26 Å². The van der Waals surface area contributed by atoms with E-state index in [1.165, 1.54) is 24.1 Å². The van der Waals surface area contributed by atoms with Crippen molar-refractivity contribution in [1.29, 1.82) is 0 Å². The van der Waals surface area contributed by atoms with Gasteiger partial charge >= 0.3 is 0 Å². The van der Waals surface area contributed by atoms with Crippen LogP contribution in [0.3, 0.4) is 0 Å². The molecule has 0 N–H and O–H groups in total. The zero-order valence-corrected chi connectivity index (χ0v) is 9.45. The van der Waals surface area contributed by atoms with E-state index in [-0.39, 0.29) is 0 Å². The Morgan fingerprint density at radius 1 is 1.38 bits per heavy atom. The van der Waals surface area contributed by atoms with Crippen LogP contribution >= 0.6 is 11.8 Å². The van der Waals surface area contributed by atoms with Crippen LogP contribution < -0.4 is 0 Å². The van der Waals surface area contributed by atoms with Crippen LogP contribution in [0.2, 0.25) is 0 Å². The van der Waals surface area contributed by atoms with Gasteiger partial charge in [-0.15, -0.1) is 11.8 Å². The van der Waals surface area contributed by atoms with Gasteiger partial charge in [0, 0.05) is 5.69 Å². The number of hydrogen-bond donors (Lipinski definition) is 0. The summed E-state index contributed by atoms with van der Waals surface area (Å²) < 4.78 is 0. The van der Waals surface area contributed by atoms with Crippen molar-refractivity contribution in [3.8, 4) is 0 Å². The van der Waals surface area contributed by atoms with E-state index in [1.807, 2.05) is 0 Å². The number of aryl methyl sites for hydroxylation is 2. The Kier molecular flexibility index (Phi) is 4.29. The highest BCUT2D eigenvalue weighted by Gasteiger charge is 1.98. The maximum Gasteiger partial charge on any atom is 0.0963 e. The van der Waals surface area contributed by atoms with Gasteiger partial charge in [0.05, 0.1) is 5.03 Å². The molecule has 0 saturated heterocycles.